The molecule has 1 aliphatic carbocycles. The van der Waals surface area contributed by atoms with Crippen molar-refractivity contribution in [3.05, 3.63) is 0 Å². The van der Waals surface area contributed by atoms with Crippen LogP contribution in [0.2, 0.25) is 0 Å². The number of hydrogen-bond acceptors (Lipinski definition) is 3. The minimum absolute atomic E-state index is 0.0738. The van der Waals surface area contributed by atoms with Crippen molar-refractivity contribution in [1.29, 1.82) is 0 Å². The normalized spacial score (nSPS) is 16.9. The van der Waals surface area contributed by atoms with E-state index in [1.54, 1.807) is 0 Å². The maximum absolute atomic E-state index is 11.9. The predicted molar refractivity (Wildman–Crippen MR) is 69.1 cm³/mol. The number of rotatable bonds is 7. The second-order valence-corrected chi connectivity index (χ2v) is 4.92. The molecule has 1 rings (SSSR count). The van der Waals surface area contributed by atoms with E-state index in [-0.39, 0.29) is 11.8 Å². The van der Waals surface area contributed by atoms with Gasteiger partial charge in [-0.25, -0.2) is 0 Å². The van der Waals surface area contributed by atoms with E-state index in [1.807, 2.05) is 0 Å². The lowest BCUT2D eigenvalue weighted by molar-refractivity contribution is -0.130. The maximum atomic E-state index is 11.9. The molecule has 1 saturated carbocycles. The van der Waals surface area contributed by atoms with E-state index >= 15 is 0 Å². The van der Waals surface area contributed by atoms with Gasteiger partial charge in [0.05, 0.1) is 10.4 Å². The van der Waals surface area contributed by atoms with E-state index in [0.29, 0.717) is 24.4 Å². The molecule has 0 heterocycles. The number of carbonyl (C=O) groups excluding carboxylic acids is 2. The molecule has 1 aliphatic rings. The highest BCUT2D eigenvalue weighted by molar-refractivity contribution is 7.80. The van der Waals surface area contributed by atoms with Gasteiger partial charge in [-0.2, -0.15) is 0 Å². The van der Waals surface area contributed by atoms with Crippen molar-refractivity contribution >= 4 is 29.0 Å². The average molecular weight is 257 g/mol. The molecule has 1 fully saturated rings. The molecule has 17 heavy (non-hydrogen) atoms. The Labute approximate surface area is 106 Å². The molecule has 0 bridgehead atoms. The lowest BCUT2D eigenvalue weighted by Crippen LogP contribution is -2.53. The summed E-state index contributed by atoms with van der Waals surface area (Å²) in [5.41, 5.74) is 10.0. The van der Waals surface area contributed by atoms with Gasteiger partial charge >= 0.3 is 0 Å². The molecule has 0 unspecified atom stereocenters. The van der Waals surface area contributed by atoms with E-state index < -0.39 is 5.41 Å². The van der Waals surface area contributed by atoms with Gasteiger partial charge in [-0.05, 0) is 25.7 Å². The van der Waals surface area contributed by atoms with Gasteiger partial charge in [0.2, 0.25) is 11.8 Å². The van der Waals surface area contributed by atoms with Crippen LogP contribution in [0.15, 0.2) is 0 Å². The van der Waals surface area contributed by atoms with Gasteiger partial charge < -0.3 is 16.8 Å². The van der Waals surface area contributed by atoms with Crippen molar-refractivity contribution in [2.75, 3.05) is 6.54 Å². The fourth-order valence-electron chi connectivity index (χ4n) is 1.91. The van der Waals surface area contributed by atoms with Crippen LogP contribution < -0.4 is 16.8 Å². The van der Waals surface area contributed by atoms with E-state index in [4.69, 9.17) is 23.7 Å². The van der Waals surface area contributed by atoms with Gasteiger partial charge in [-0.1, -0.05) is 18.6 Å². The van der Waals surface area contributed by atoms with Crippen LogP contribution >= 0.6 is 12.2 Å². The van der Waals surface area contributed by atoms with Gasteiger partial charge in [0.15, 0.2) is 0 Å². The number of primary amides is 1. The summed E-state index contributed by atoms with van der Waals surface area (Å²) in [5.74, 6) is -0.384. The summed E-state index contributed by atoms with van der Waals surface area (Å²) in [4.78, 5) is 22.7. The summed E-state index contributed by atoms with van der Waals surface area (Å²) in [7, 11) is 0. The zero-order valence-electron chi connectivity index (χ0n) is 9.83. The Morgan fingerprint density at radius 1 is 1.24 bits per heavy atom. The first-order valence-corrected chi connectivity index (χ1v) is 6.26. The summed E-state index contributed by atoms with van der Waals surface area (Å²) in [6, 6.07) is 0. The van der Waals surface area contributed by atoms with Crippen LogP contribution in [0.4, 0.5) is 0 Å². The lowest BCUT2D eigenvalue weighted by atomic mass is 9.68. The molecule has 2 amide bonds. The Kier molecular flexibility index (Phi) is 4.86. The Bertz CT molecular complexity index is 327. The van der Waals surface area contributed by atoms with Crippen LogP contribution in [0.1, 0.15) is 38.5 Å². The fraction of sp³-hybridized carbons (Fsp3) is 0.727. The van der Waals surface area contributed by atoms with Crippen LogP contribution in [0.3, 0.4) is 0 Å². The highest BCUT2D eigenvalue weighted by atomic mass is 32.1. The smallest absolute Gasteiger partial charge is 0.233 e. The second kappa shape index (κ2) is 5.95. The number of carbonyl (C=O) groups is 2. The van der Waals surface area contributed by atoms with Gasteiger partial charge in [0.25, 0.3) is 0 Å². The minimum atomic E-state index is -0.612. The molecule has 0 aromatic heterocycles. The number of nitrogens with two attached hydrogens (primary N) is 2. The van der Waals surface area contributed by atoms with Crippen molar-refractivity contribution in [1.82, 2.24) is 5.32 Å². The Hall–Kier alpha value is -1.17. The third-order valence-electron chi connectivity index (χ3n) is 3.25. The first-order valence-electron chi connectivity index (χ1n) is 5.85. The predicted octanol–water partition coefficient (Wildman–Crippen LogP) is 0.215. The highest BCUT2D eigenvalue weighted by Gasteiger charge is 2.46. The van der Waals surface area contributed by atoms with E-state index in [9.17, 15) is 9.59 Å². The van der Waals surface area contributed by atoms with Crippen LogP contribution in [-0.2, 0) is 9.59 Å². The standard InChI is InChI=1S/C11H19N3O2S/c12-8(15)4-1-2-7-14-10(16)11(9(13)17)5-3-6-11/h1-7H2,(H2,12,15)(H2,13,17)(H,14,16). The summed E-state index contributed by atoms with van der Waals surface area (Å²) >= 11 is 4.95. The van der Waals surface area contributed by atoms with Crippen LogP contribution in [0, 0.1) is 5.41 Å². The van der Waals surface area contributed by atoms with Crippen molar-refractivity contribution < 1.29 is 9.59 Å². The maximum Gasteiger partial charge on any atom is 0.233 e. The molecule has 0 spiro atoms. The monoisotopic (exact) mass is 257 g/mol. The van der Waals surface area contributed by atoms with Crippen LogP contribution in [-0.4, -0.2) is 23.3 Å². The first kappa shape index (κ1) is 13.9. The number of amides is 2. The van der Waals surface area contributed by atoms with Crippen molar-refractivity contribution in [3.63, 3.8) is 0 Å². The number of thiocarbonyl (C=S) groups is 1. The fourth-order valence-corrected chi connectivity index (χ4v) is 2.21. The topological polar surface area (TPSA) is 98.2 Å². The molecule has 0 saturated heterocycles. The van der Waals surface area contributed by atoms with E-state index in [2.05, 4.69) is 5.32 Å². The third-order valence-corrected chi connectivity index (χ3v) is 3.64. The second-order valence-electron chi connectivity index (χ2n) is 4.48. The molecule has 0 aromatic rings. The average Bonchev–Trinajstić information content (AvgIpc) is 2.14. The number of nitrogens with one attached hydrogen (secondary N) is 1. The van der Waals surface area contributed by atoms with E-state index in [0.717, 1.165) is 25.7 Å². The molecule has 0 radical (unpaired) electrons. The van der Waals surface area contributed by atoms with Crippen molar-refractivity contribution in [2.24, 2.45) is 16.9 Å². The number of hydrogen-bond donors (Lipinski definition) is 3. The summed E-state index contributed by atoms with van der Waals surface area (Å²) < 4.78 is 0. The quantitative estimate of drug-likeness (QED) is 0.448. The summed E-state index contributed by atoms with van der Waals surface area (Å²) in [5, 5.41) is 2.82. The molecule has 5 N–H and O–H groups in total. The molecule has 0 atom stereocenters. The van der Waals surface area contributed by atoms with Crippen LogP contribution in [0.25, 0.3) is 0 Å². The molecular weight excluding hydrogens is 238 g/mol. The van der Waals surface area contributed by atoms with Gasteiger partial charge in [-0.3, -0.25) is 9.59 Å². The molecule has 5 nitrogen and oxygen atoms in total. The largest absolute Gasteiger partial charge is 0.392 e. The first-order chi connectivity index (χ1) is 7.99. The van der Waals surface area contributed by atoms with Crippen LogP contribution in [0.5, 0.6) is 0 Å². The molecule has 6 heteroatoms. The zero-order valence-corrected chi connectivity index (χ0v) is 10.6. The Morgan fingerprint density at radius 2 is 1.88 bits per heavy atom. The Balaban J connectivity index is 2.25. The third kappa shape index (κ3) is 3.39. The SMILES string of the molecule is NC(=O)CCCCNC(=O)C1(C(N)=S)CCC1. The summed E-state index contributed by atoms with van der Waals surface area (Å²) in [6.07, 6.45) is 4.27. The minimum Gasteiger partial charge on any atom is -0.392 e. The van der Waals surface area contributed by atoms with Gasteiger partial charge in [0.1, 0.15) is 0 Å². The van der Waals surface area contributed by atoms with E-state index in [1.165, 1.54) is 0 Å². The molecular formula is C11H19N3O2S. The molecule has 0 aromatic carbocycles. The van der Waals surface area contributed by atoms with Gasteiger partial charge in [0, 0.05) is 13.0 Å². The lowest BCUT2D eigenvalue weighted by Gasteiger charge is -2.39. The van der Waals surface area contributed by atoms with Gasteiger partial charge in [-0.15, -0.1) is 0 Å². The van der Waals surface area contributed by atoms with Crippen molar-refractivity contribution in [2.45, 2.75) is 38.5 Å². The highest BCUT2D eigenvalue weighted by Crippen LogP contribution is 2.41. The summed E-state index contributed by atoms with van der Waals surface area (Å²) in [6.45, 7) is 0.538. The molecule has 0 aliphatic heterocycles. The Morgan fingerprint density at radius 3 is 2.29 bits per heavy atom. The van der Waals surface area contributed by atoms with Crippen molar-refractivity contribution in [3.8, 4) is 0 Å². The zero-order chi connectivity index (χ0) is 12.9. The number of unbranched alkanes of at least 4 members (excludes halogenated alkanes) is 1. The molecule has 96 valence electrons.